The Hall–Kier alpha value is -4.76. The number of anilines is 1. The first-order chi connectivity index (χ1) is 27.3. The second-order valence-electron chi connectivity index (χ2n) is 17.6. The summed E-state index contributed by atoms with van der Waals surface area (Å²) >= 11 is 0. The third-order valence-corrected chi connectivity index (χ3v) is 14.7. The summed E-state index contributed by atoms with van der Waals surface area (Å²) < 4.78 is 34.5. The van der Waals surface area contributed by atoms with Gasteiger partial charge in [0, 0.05) is 60.3 Å². The zero-order valence-corrected chi connectivity index (χ0v) is 32.5. The zero-order chi connectivity index (χ0) is 38.2. The number of ether oxygens (including phenoxy) is 3. The zero-order valence-electron chi connectivity index (χ0n) is 32.5. The maximum atomic E-state index is 16.4. The Morgan fingerprint density at radius 3 is 2.43 bits per heavy atom. The van der Waals surface area contributed by atoms with Gasteiger partial charge in [-0.3, -0.25) is 4.79 Å². The summed E-state index contributed by atoms with van der Waals surface area (Å²) in [6, 6.07) is 21.9. The van der Waals surface area contributed by atoms with Gasteiger partial charge in [0.15, 0.2) is 0 Å². The lowest BCUT2D eigenvalue weighted by Gasteiger charge is -2.54. The molecular formula is C47H52FN3O5. The Morgan fingerprint density at radius 1 is 0.911 bits per heavy atom. The number of halogens is 1. The maximum absolute atomic E-state index is 16.4. The summed E-state index contributed by atoms with van der Waals surface area (Å²) in [5.74, 6) is 3.09. The predicted molar refractivity (Wildman–Crippen MR) is 214 cm³/mol. The molecule has 8 nitrogen and oxygen atoms in total. The monoisotopic (exact) mass is 757 g/mol. The molecule has 2 saturated heterocycles. The van der Waals surface area contributed by atoms with Crippen molar-refractivity contribution < 1.29 is 28.5 Å². The molecule has 1 saturated carbocycles. The fourth-order valence-electron chi connectivity index (χ4n) is 11.7. The van der Waals surface area contributed by atoms with E-state index < -0.39 is 0 Å². The Morgan fingerprint density at radius 2 is 1.68 bits per heavy atom. The number of likely N-dealkylation sites (tertiary alicyclic amines) is 1. The van der Waals surface area contributed by atoms with E-state index in [2.05, 4.69) is 45.4 Å². The number of piperidine rings is 2. The van der Waals surface area contributed by atoms with E-state index >= 15 is 4.39 Å². The standard InChI is InChI=1S/C47H52FN3O5/c1-54-40-23-39(38(48)21-35(40)42-33(30-6-4-3-5-7-30)10-8-31-20-32(52)9-11-34(31)42)51-18-12-46(13-19-51)24-29(25-46)27-50-16-14-47(15-17-50)28-56-44-36-26-49-45(53)43(36)41(55-2)22-37(44)47/h3-7,9,11,20-23,29,33,42,52H,8,10,12-19,24-28H2,1-2H3,(H,49,53). The first-order valence-electron chi connectivity index (χ1n) is 20.6. The molecular weight excluding hydrogens is 706 g/mol. The molecule has 56 heavy (non-hydrogen) atoms. The Kier molecular flexibility index (Phi) is 8.73. The lowest BCUT2D eigenvalue weighted by Crippen LogP contribution is -2.51. The van der Waals surface area contributed by atoms with Crippen molar-refractivity contribution in [3.63, 3.8) is 0 Å². The van der Waals surface area contributed by atoms with Crippen LogP contribution in [0.25, 0.3) is 0 Å². The molecule has 4 aliphatic heterocycles. The summed E-state index contributed by atoms with van der Waals surface area (Å²) in [5.41, 5.74) is 8.16. The molecule has 3 fully saturated rings. The normalized spacial score (nSPS) is 23.6. The summed E-state index contributed by atoms with van der Waals surface area (Å²) in [5, 5.41) is 13.2. The van der Waals surface area contributed by atoms with Gasteiger partial charge in [0.2, 0.25) is 0 Å². The van der Waals surface area contributed by atoms with Crippen LogP contribution in [0.4, 0.5) is 10.1 Å². The third-order valence-electron chi connectivity index (χ3n) is 14.7. The number of fused-ring (bicyclic) bond motifs is 5. The van der Waals surface area contributed by atoms with Gasteiger partial charge in [-0.25, -0.2) is 4.39 Å². The predicted octanol–water partition coefficient (Wildman–Crippen LogP) is 8.08. The SMILES string of the molecule is COc1cc(N2CCC3(CC2)CC(CN2CCC4(CC2)COc2c4cc(OC)c4c2CNC4=O)C3)c(F)cc1C1c2ccc(O)cc2CCC1c1ccccc1. The molecule has 0 bridgehead atoms. The first kappa shape index (κ1) is 35.6. The van der Waals surface area contributed by atoms with Crippen molar-refractivity contribution in [2.75, 3.05) is 58.5 Å². The topological polar surface area (TPSA) is 83.5 Å². The highest BCUT2D eigenvalue weighted by molar-refractivity contribution is 6.02. The summed E-state index contributed by atoms with van der Waals surface area (Å²) in [6.45, 7) is 6.13. The molecule has 0 aromatic heterocycles. The van der Waals surface area contributed by atoms with Crippen molar-refractivity contribution in [3.8, 4) is 23.0 Å². The number of hydrogen-bond acceptors (Lipinski definition) is 7. The van der Waals surface area contributed by atoms with Gasteiger partial charge < -0.3 is 34.4 Å². The fourth-order valence-corrected chi connectivity index (χ4v) is 11.7. The molecule has 292 valence electrons. The minimum Gasteiger partial charge on any atom is -0.508 e. The van der Waals surface area contributed by atoms with Gasteiger partial charge in [-0.1, -0.05) is 36.4 Å². The van der Waals surface area contributed by atoms with Gasteiger partial charge in [-0.15, -0.1) is 0 Å². The molecule has 4 aromatic rings. The number of rotatable bonds is 7. The van der Waals surface area contributed by atoms with E-state index in [4.69, 9.17) is 14.2 Å². The molecule has 4 heterocycles. The van der Waals surface area contributed by atoms with Crippen LogP contribution in [0, 0.1) is 17.2 Å². The highest BCUT2D eigenvalue weighted by Gasteiger charge is 2.49. The van der Waals surface area contributed by atoms with Gasteiger partial charge in [0.1, 0.15) is 28.8 Å². The van der Waals surface area contributed by atoms with Crippen LogP contribution >= 0.6 is 0 Å². The van der Waals surface area contributed by atoms with E-state index in [0.717, 1.165) is 105 Å². The number of nitrogens with one attached hydrogen (secondary N) is 1. The van der Waals surface area contributed by atoms with Crippen molar-refractivity contribution in [2.45, 2.75) is 75.2 Å². The number of nitrogens with zero attached hydrogens (tertiary/aromatic N) is 2. The molecule has 2 aliphatic carbocycles. The molecule has 2 spiro atoms. The first-order valence-corrected chi connectivity index (χ1v) is 20.6. The van der Waals surface area contributed by atoms with Gasteiger partial charge in [-0.2, -0.15) is 0 Å². The Bertz CT molecular complexity index is 2170. The summed E-state index contributed by atoms with van der Waals surface area (Å²) in [4.78, 5) is 17.4. The number of aromatic hydroxyl groups is 1. The van der Waals surface area contributed by atoms with Crippen molar-refractivity contribution in [2.24, 2.45) is 11.3 Å². The van der Waals surface area contributed by atoms with Crippen LogP contribution in [-0.2, 0) is 18.4 Å². The summed E-state index contributed by atoms with van der Waals surface area (Å²) in [6.07, 6.45) is 8.55. The Labute approximate surface area is 328 Å². The number of phenols is 1. The molecule has 4 aromatic carbocycles. The van der Waals surface area contributed by atoms with Crippen LogP contribution in [0.15, 0.2) is 66.7 Å². The van der Waals surface area contributed by atoms with Crippen LogP contribution in [0.2, 0.25) is 0 Å². The van der Waals surface area contributed by atoms with Gasteiger partial charge in [0.05, 0.1) is 32.1 Å². The molecule has 2 N–H and O–H groups in total. The smallest absolute Gasteiger partial charge is 0.255 e. The van der Waals surface area contributed by atoms with Crippen LogP contribution in [0.1, 0.15) is 101 Å². The number of benzene rings is 4. The minimum atomic E-state index is -0.188. The van der Waals surface area contributed by atoms with Crippen LogP contribution in [0.3, 0.4) is 0 Å². The number of hydrogen-bond donors (Lipinski definition) is 2. The molecule has 2 atom stereocenters. The van der Waals surface area contributed by atoms with E-state index in [0.29, 0.717) is 41.5 Å². The van der Waals surface area contributed by atoms with Crippen LogP contribution in [-0.4, -0.2) is 69.5 Å². The largest absolute Gasteiger partial charge is 0.508 e. The van der Waals surface area contributed by atoms with Gasteiger partial charge in [-0.05, 0) is 123 Å². The Balaban J connectivity index is 0.787. The lowest BCUT2D eigenvalue weighted by molar-refractivity contribution is -0.000731. The number of phenolic OH excluding ortho intramolecular Hbond substituents is 1. The third kappa shape index (κ3) is 5.83. The molecule has 0 radical (unpaired) electrons. The maximum Gasteiger partial charge on any atom is 0.255 e. The average molecular weight is 758 g/mol. The molecule has 2 unspecified atom stereocenters. The number of aryl methyl sites for hydroxylation is 1. The van der Waals surface area contributed by atoms with E-state index in [1.54, 1.807) is 26.4 Å². The van der Waals surface area contributed by atoms with E-state index in [1.807, 2.05) is 24.3 Å². The van der Waals surface area contributed by atoms with Crippen molar-refractivity contribution in [1.29, 1.82) is 0 Å². The quantitative estimate of drug-likeness (QED) is 0.197. The van der Waals surface area contributed by atoms with Gasteiger partial charge >= 0.3 is 0 Å². The highest BCUT2D eigenvalue weighted by atomic mass is 19.1. The second-order valence-corrected chi connectivity index (χ2v) is 17.6. The molecule has 1 amide bonds. The van der Waals surface area contributed by atoms with Gasteiger partial charge in [0.25, 0.3) is 5.91 Å². The average Bonchev–Trinajstić information content (AvgIpc) is 3.78. The number of methoxy groups -OCH3 is 2. The second kappa shape index (κ2) is 13.7. The molecule has 10 rings (SSSR count). The number of carbonyl (C=O) groups excluding carboxylic acids is 1. The lowest BCUT2D eigenvalue weighted by atomic mass is 9.57. The molecule has 6 aliphatic rings. The van der Waals surface area contributed by atoms with Crippen molar-refractivity contribution >= 4 is 11.6 Å². The van der Waals surface area contributed by atoms with Crippen molar-refractivity contribution in [1.82, 2.24) is 10.2 Å². The van der Waals surface area contributed by atoms with Crippen LogP contribution < -0.4 is 24.4 Å². The summed E-state index contributed by atoms with van der Waals surface area (Å²) in [7, 11) is 3.34. The van der Waals surface area contributed by atoms with Crippen molar-refractivity contribution in [3.05, 3.63) is 111 Å². The molecule has 9 heteroatoms. The van der Waals surface area contributed by atoms with E-state index in [9.17, 15) is 9.90 Å². The number of amides is 1. The highest BCUT2D eigenvalue weighted by Crippen LogP contribution is 2.56. The van der Waals surface area contributed by atoms with E-state index in [-0.39, 0.29) is 34.7 Å². The number of carbonyl (C=O) groups is 1. The minimum absolute atomic E-state index is 0.0158. The van der Waals surface area contributed by atoms with E-state index in [1.165, 1.54) is 24.0 Å². The van der Waals surface area contributed by atoms with Crippen LogP contribution in [0.5, 0.6) is 23.0 Å². The fraction of sp³-hybridized carbons (Fsp3) is 0.468.